The Bertz CT molecular complexity index is 1060. The summed E-state index contributed by atoms with van der Waals surface area (Å²) in [6.07, 6.45) is 7.38. The van der Waals surface area contributed by atoms with Crippen LogP contribution < -0.4 is 5.32 Å². The third-order valence-corrected chi connectivity index (χ3v) is 7.51. The van der Waals surface area contributed by atoms with Gasteiger partial charge in [-0.2, -0.15) is 0 Å². The summed E-state index contributed by atoms with van der Waals surface area (Å²) in [5, 5.41) is 13.5. The number of halogens is 1. The van der Waals surface area contributed by atoms with Crippen molar-refractivity contribution >= 4 is 11.7 Å². The largest absolute Gasteiger partial charge is 0.480 e. The molecule has 2 N–H and O–H groups in total. The summed E-state index contributed by atoms with van der Waals surface area (Å²) in [7, 11) is 0. The van der Waals surface area contributed by atoms with Crippen molar-refractivity contribution in [2.24, 2.45) is 0 Å². The minimum absolute atomic E-state index is 0.0143. The number of aryl methyl sites for hydroxylation is 2. The molecular weight excluding hydrogens is 461 g/mol. The fraction of sp³-hybridized carbons (Fsp3) is 0.571. The van der Waals surface area contributed by atoms with E-state index in [1.807, 2.05) is 4.90 Å². The molecule has 4 heterocycles. The number of hydrogen-bond acceptors (Lipinski definition) is 6. The Labute approximate surface area is 212 Å². The highest BCUT2D eigenvalue weighted by Gasteiger charge is 2.37. The molecule has 0 saturated carbocycles. The van der Waals surface area contributed by atoms with Crippen molar-refractivity contribution in [3.05, 3.63) is 58.7 Å². The first-order valence-corrected chi connectivity index (χ1v) is 13.3. The van der Waals surface area contributed by atoms with E-state index in [1.165, 1.54) is 23.5 Å². The average Bonchev–Trinajstić information content (AvgIpc) is 3.57. The molecule has 194 valence electrons. The molecule has 0 amide bonds. The van der Waals surface area contributed by atoms with Crippen LogP contribution in [0.4, 0.5) is 10.1 Å². The van der Waals surface area contributed by atoms with Crippen LogP contribution in [0.1, 0.15) is 73.2 Å². The number of ether oxygens (including phenoxy) is 2. The van der Waals surface area contributed by atoms with Crippen molar-refractivity contribution in [3.63, 3.8) is 0 Å². The van der Waals surface area contributed by atoms with Gasteiger partial charge >= 0.3 is 5.97 Å². The maximum atomic E-state index is 14.2. The topological polar surface area (TPSA) is 83.9 Å². The van der Waals surface area contributed by atoms with Gasteiger partial charge in [0.1, 0.15) is 11.9 Å². The molecule has 7 nitrogen and oxygen atoms in total. The number of likely N-dealkylation sites (tertiary alicyclic amines) is 1. The minimum atomic E-state index is -0.965. The Morgan fingerprint density at radius 3 is 3.00 bits per heavy atom. The lowest BCUT2D eigenvalue weighted by atomic mass is 9.94. The molecule has 3 aliphatic rings. The van der Waals surface area contributed by atoms with E-state index in [1.54, 1.807) is 6.07 Å². The van der Waals surface area contributed by atoms with Gasteiger partial charge in [0.05, 0.1) is 23.6 Å². The van der Waals surface area contributed by atoms with Crippen molar-refractivity contribution in [2.45, 2.75) is 69.6 Å². The highest BCUT2D eigenvalue weighted by Crippen LogP contribution is 2.37. The van der Waals surface area contributed by atoms with Gasteiger partial charge in [0.2, 0.25) is 0 Å². The molecule has 0 radical (unpaired) electrons. The molecule has 2 aromatic rings. The lowest BCUT2D eigenvalue weighted by Gasteiger charge is -2.28. The molecule has 2 saturated heterocycles. The number of fused-ring (bicyclic) bond motifs is 1. The predicted molar refractivity (Wildman–Crippen MR) is 135 cm³/mol. The number of carboxylic acids is 1. The number of nitrogens with zero attached hydrogens (tertiary/aromatic N) is 2. The van der Waals surface area contributed by atoms with E-state index < -0.39 is 17.8 Å². The van der Waals surface area contributed by atoms with Gasteiger partial charge in [-0.25, -0.2) is 4.39 Å². The van der Waals surface area contributed by atoms with E-state index in [2.05, 4.69) is 17.4 Å². The van der Waals surface area contributed by atoms with Crippen molar-refractivity contribution in [3.8, 4) is 0 Å². The summed E-state index contributed by atoms with van der Waals surface area (Å²) in [4.78, 5) is 19.1. The molecule has 8 heteroatoms. The predicted octanol–water partition coefficient (Wildman–Crippen LogP) is 4.67. The van der Waals surface area contributed by atoms with Crippen LogP contribution in [-0.2, 0) is 27.1 Å². The highest BCUT2D eigenvalue weighted by atomic mass is 19.1. The van der Waals surface area contributed by atoms with E-state index in [4.69, 9.17) is 14.5 Å². The maximum Gasteiger partial charge on any atom is 0.325 e. The van der Waals surface area contributed by atoms with Crippen LogP contribution in [0.2, 0.25) is 0 Å². The van der Waals surface area contributed by atoms with Crippen LogP contribution in [-0.4, -0.2) is 59.9 Å². The number of rotatable bonds is 10. The number of carbonyl (C=O) groups is 1. The number of benzene rings is 1. The first-order chi connectivity index (χ1) is 17.6. The molecule has 36 heavy (non-hydrogen) atoms. The molecule has 0 bridgehead atoms. The lowest BCUT2D eigenvalue weighted by Crippen LogP contribution is -2.34. The van der Waals surface area contributed by atoms with Gasteiger partial charge in [-0.1, -0.05) is 6.07 Å². The maximum absolute atomic E-state index is 14.2. The van der Waals surface area contributed by atoms with Crippen LogP contribution in [0.15, 0.2) is 30.3 Å². The first-order valence-electron chi connectivity index (χ1n) is 13.3. The van der Waals surface area contributed by atoms with Crippen LogP contribution in [0.3, 0.4) is 0 Å². The summed E-state index contributed by atoms with van der Waals surface area (Å²) in [5.41, 5.74) is 4.76. The Hall–Kier alpha value is -2.55. The second-order valence-electron chi connectivity index (χ2n) is 10.1. The first kappa shape index (κ1) is 25.1. The minimum Gasteiger partial charge on any atom is -0.480 e. The highest BCUT2D eigenvalue weighted by molar-refractivity contribution is 5.76. The molecule has 3 atom stereocenters. The number of carboxylic acid groups (broad SMARTS) is 1. The van der Waals surface area contributed by atoms with Gasteiger partial charge in [0, 0.05) is 38.5 Å². The number of aromatic nitrogens is 1. The fourth-order valence-corrected chi connectivity index (χ4v) is 5.68. The number of pyridine rings is 1. The molecule has 0 aliphatic carbocycles. The zero-order valence-corrected chi connectivity index (χ0v) is 20.8. The van der Waals surface area contributed by atoms with E-state index in [9.17, 15) is 14.3 Å². The summed E-state index contributed by atoms with van der Waals surface area (Å²) >= 11 is 0. The molecule has 5 rings (SSSR count). The molecule has 2 fully saturated rings. The van der Waals surface area contributed by atoms with Crippen LogP contribution in [0, 0.1) is 5.82 Å². The van der Waals surface area contributed by atoms with Gasteiger partial charge in [-0.15, -0.1) is 0 Å². The monoisotopic (exact) mass is 497 g/mol. The van der Waals surface area contributed by atoms with Crippen LogP contribution in [0.25, 0.3) is 0 Å². The second kappa shape index (κ2) is 11.7. The Morgan fingerprint density at radius 2 is 2.17 bits per heavy atom. The van der Waals surface area contributed by atoms with E-state index >= 15 is 0 Å². The van der Waals surface area contributed by atoms with Crippen molar-refractivity contribution in [1.82, 2.24) is 9.88 Å². The molecule has 0 spiro atoms. The van der Waals surface area contributed by atoms with E-state index in [0.717, 1.165) is 69.2 Å². The lowest BCUT2D eigenvalue weighted by molar-refractivity contribution is -0.143. The third kappa shape index (κ3) is 5.88. The zero-order valence-electron chi connectivity index (χ0n) is 20.8. The molecule has 1 aromatic carbocycles. The van der Waals surface area contributed by atoms with Gasteiger partial charge in [0.25, 0.3) is 0 Å². The normalized spacial score (nSPS) is 22.8. The van der Waals surface area contributed by atoms with Gasteiger partial charge in [-0.3, -0.25) is 14.7 Å². The van der Waals surface area contributed by atoms with Gasteiger partial charge in [-0.05, 0) is 86.8 Å². The van der Waals surface area contributed by atoms with Crippen molar-refractivity contribution in [1.29, 1.82) is 0 Å². The zero-order chi connectivity index (χ0) is 24.9. The van der Waals surface area contributed by atoms with Crippen molar-refractivity contribution in [2.75, 3.05) is 38.2 Å². The Balaban J connectivity index is 1.12. The molecular formula is C28H36FN3O4. The van der Waals surface area contributed by atoms with Crippen LogP contribution in [0.5, 0.6) is 0 Å². The van der Waals surface area contributed by atoms with Gasteiger partial charge < -0.3 is 19.9 Å². The standard InChI is InChI=1S/C28H36FN3O4/c29-19-8-10-22(26-7-4-16-36-26)23(17-19)27(28(33)34)32-14-12-21(18-32)35-15-2-1-5-20-9-11-24-25(31-20)6-3-13-30-24/h8-11,17,21,26-27,30H,1-7,12-16,18H2,(H,33,34)/t21-,26+,27?/m1/s1. The van der Waals surface area contributed by atoms with E-state index in [-0.39, 0.29) is 12.2 Å². The summed E-state index contributed by atoms with van der Waals surface area (Å²) in [6, 6.07) is 7.80. The second-order valence-corrected chi connectivity index (χ2v) is 10.1. The molecule has 1 aromatic heterocycles. The number of aliphatic carboxylic acids is 1. The summed E-state index contributed by atoms with van der Waals surface area (Å²) in [6.45, 7) is 3.45. The Kier molecular flexibility index (Phi) is 8.14. The fourth-order valence-electron chi connectivity index (χ4n) is 5.68. The number of nitrogens with one attached hydrogen (secondary N) is 1. The quantitative estimate of drug-likeness (QED) is 0.462. The van der Waals surface area contributed by atoms with Gasteiger partial charge in [0.15, 0.2) is 0 Å². The number of unbranched alkanes of at least 4 members (excludes halogenated alkanes) is 1. The average molecular weight is 498 g/mol. The smallest absolute Gasteiger partial charge is 0.325 e. The summed E-state index contributed by atoms with van der Waals surface area (Å²) < 4.78 is 26.1. The Morgan fingerprint density at radius 1 is 1.25 bits per heavy atom. The van der Waals surface area contributed by atoms with Crippen LogP contribution >= 0.6 is 0 Å². The third-order valence-electron chi connectivity index (χ3n) is 7.51. The SMILES string of the molecule is O=C(O)C(c1cc(F)ccc1[C@@H]1CCCO1)N1CC[C@@H](OCCCCc2ccc3c(n2)CCCN3)C1. The summed E-state index contributed by atoms with van der Waals surface area (Å²) in [5.74, 6) is -1.39. The molecule has 3 aliphatic heterocycles. The van der Waals surface area contributed by atoms with Crippen molar-refractivity contribution < 1.29 is 23.8 Å². The molecule has 1 unspecified atom stereocenters. The van der Waals surface area contributed by atoms with E-state index in [0.29, 0.717) is 31.9 Å². The number of hydrogen-bond donors (Lipinski definition) is 2. The number of anilines is 1.